The molecule has 18 heavy (non-hydrogen) atoms. The fourth-order valence-corrected chi connectivity index (χ4v) is 1.78. The van der Waals surface area contributed by atoms with Gasteiger partial charge in [-0.1, -0.05) is 72.9 Å². The summed E-state index contributed by atoms with van der Waals surface area (Å²) < 4.78 is 0. The van der Waals surface area contributed by atoms with Crippen molar-refractivity contribution in [2.24, 2.45) is 0 Å². The maximum Gasteiger partial charge on any atom is 0.207 e. The molecular formula is C15H10O2S. The third-order valence-corrected chi connectivity index (χ3v) is 2.86. The SMILES string of the molecule is O=C(C(=S)C(=O)c1ccccc1)c1ccccc1. The van der Waals surface area contributed by atoms with Gasteiger partial charge >= 0.3 is 0 Å². The van der Waals surface area contributed by atoms with Gasteiger partial charge in [-0.3, -0.25) is 9.59 Å². The Morgan fingerprint density at radius 1 is 0.667 bits per heavy atom. The minimum absolute atomic E-state index is 0.174. The Hall–Kier alpha value is -2.13. The third kappa shape index (κ3) is 2.57. The van der Waals surface area contributed by atoms with Crippen molar-refractivity contribution in [1.29, 1.82) is 0 Å². The Bertz CT molecular complexity index is 535. The minimum atomic E-state index is -0.403. The number of ketones is 2. The molecule has 0 bridgehead atoms. The summed E-state index contributed by atoms with van der Waals surface area (Å²) in [6.45, 7) is 0. The number of rotatable bonds is 4. The topological polar surface area (TPSA) is 34.1 Å². The van der Waals surface area contributed by atoms with Gasteiger partial charge in [0, 0.05) is 11.1 Å². The van der Waals surface area contributed by atoms with Crippen molar-refractivity contribution in [3.05, 3.63) is 71.8 Å². The highest BCUT2D eigenvalue weighted by Gasteiger charge is 2.20. The standard InChI is InChI=1S/C15H10O2S/c16-13(11-7-3-1-4-8-11)15(18)14(17)12-9-5-2-6-10-12/h1-10H. The number of carbonyl (C=O) groups is 2. The van der Waals surface area contributed by atoms with Crippen LogP contribution in [-0.2, 0) is 0 Å². The molecule has 2 nitrogen and oxygen atoms in total. The van der Waals surface area contributed by atoms with Crippen LogP contribution in [-0.4, -0.2) is 16.4 Å². The summed E-state index contributed by atoms with van der Waals surface area (Å²) in [5.74, 6) is -0.807. The number of carbonyl (C=O) groups excluding carboxylic acids is 2. The van der Waals surface area contributed by atoms with Crippen molar-refractivity contribution < 1.29 is 9.59 Å². The van der Waals surface area contributed by atoms with E-state index in [2.05, 4.69) is 0 Å². The van der Waals surface area contributed by atoms with Crippen LogP contribution in [0.2, 0.25) is 0 Å². The van der Waals surface area contributed by atoms with E-state index in [1.54, 1.807) is 60.7 Å². The lowest BCUT2D eigenvalue weighted by Crippen LogP contribution is -2.22. The van der Waals surface area contributed by atoms with Crippen LogP contribution in [0, 0.1) is 0 Å². The van der Waals surface area contributed by atoms with Gasteiger partial charge in [-0.05, 0) is 0 Å². The first-order chi connectivity index (χ1) is 8.70. The van der Waals surface area contributed by atoms with Crippen LogP contribution in [0.1, 0.15) is 20.7 Å². The third-order valence-electron chi connectivity index (χ3n) is 2.48. The van der Waals surface area contributed by atoms with E-state index in [0.717, 1.165) is 0 Å². The van der Waals surface area contributed by atoms with E-state index in [4.69, 9.17) is 12.2 Å². The molecule has 0 aromatic heterocycles. The van der Waals surface area contributed by atoms with Crippen molar-refractivity contribution in [3.63, 3.8) is 0 Å². The Morgan fingerprint density at radius 3 is 1.33 bits per heavy atom. The number of hydrogen-bond acceptors (Lipinski definition) is 3. The molecule has 0 aliphatic carbocycles. The number of thiocarbonyl (C=S) groups is 1. The van der Waals surface area contributed by atoms with Gasteiger partial charge in [0.25, 0.3) is 0 Å². The van der Waals surface area contributed by atoms with Gasteiger partial charge in [-0.15, -0.1) is 0 Å². The van der Waals surface area contributed by atoms with Crippen LogP contribution in [0.4, 0.5) is 0 Å². The summed E-state index contributed by atoms with van der Waals surface area (Å²) in [4.78, 5) is 23.8. The molecule has 0 atom stereocenters. The molecule has 0 aliphatic rings. The zero-order valence-corrected chi connectivity index (χ0v) is 10.3. The fraction of sp³-hybridized carbons (Fsp3) is 0. The second kappa shape index (κ2) is 5.47. The van der Waals surface area contributed by atoms with Gasteiger partial charge < -0.3 is 0 Å². The zero-order chi connectivity index (χ0) is 13.0. The summed E-state index contributed by atoms with van der Waals surface area (Å²) >= 11 is 4.96. The van der Waals surface area contributed by atoms with Crippen molar-refractivity contribution in [1.82, 2.24) is 0 Å². The number of benzene rings is 2. The summed E-state index contributed by atoms with van der Waals surface area (Å²) in [5.41, 5.74) is 0.874. The van der Waals surface area contributed by atoms with Crippen LogP contribution in [0.5, 0.6) is 0 Å². The minimum Gasteiger partial charge on any atom is -0.288 e. The van der Waals surface area contributed by atoms with E-state index in [-0.39, 0.29) is 4.86 Å². The molecule has 3 heteroatoms. The van der Waals surface area contributed by atoms with Crippen molar-refractivity contribution >= 4 is 28.6 Å². The molecule has 0 aliphatic heterocycles. The highest BCUT2D eigenvalue weighted by atomic mass is 32.1. The summed E-state index contributed by atoms with van der Waals surface area (Å²) in [5, 5.41) is 0. The van der Waals surface area contributed by atoms with Gasteiger partial charge in [0.05, 0.1) is 0 Å². The summed E-state index contributed by atoms with van der Waals surface area (Å²) in [6.07, 6.45) is 0. The average molecular weight is 254 g/mol. The van der Waals surface area contributed by atoms with Crippen molar-refractivity contribution in [2.45, 2.75) is 0 Å². The van der Waals surface area contributed by atoms with Crippen molar-refractivity contribution in [2.75, 3.05) is 0 Å². The van der Waals surface area contributed by atoms with Crippen molar-refractivity contribution in [3.8, 4) is 0 Å². The van der Waals surface area contributed by atoms with Gasteiger partial charge in [0.15, 0.2) is 0 Å². The van der Waals surface area contributed by atoms with E-state index >= 15 is 0 Å². The van der Waals surface area contributed by atoms with E-state index < -0.39 is 11.6 Å². The largest absolute Gasteiger partial charge is 0.288 e. The quantitative estimate of drug-likeness (QED) is 0.477. The fourth-order valence-electron chi connectivity index (χ4n) is 1.54. The van der Waals surface area contributed by atoms with E-state index in [0.29, 0.717) is 11.1 Å². The van der Waals surface area contributed by atoms with Gasteiger partial charge in [0.1, 0.15) is 4.86 Å². The highest BCUT2D eigenvalue weighted by Crippen LogP contribution is 2.07. The van der Waals surface area contributed by atoms with E-state index in [1.807, 2.05) is 0 Å². The van der Waals surface area contributed by atoms with Gasteiger partial charge in [-0.2, -0.15) is 0 Å². The van der Waals surface area contributed by atoms with Crippen LogP contribution in [0.25, 0.3) is 0 Å². The molecule has 0 radical (unpaired) electrons. The molecule has 2 aromatic rings. The lowest BCUT2D eigenvalue weighted by atomic mass is 10.0. The molecule has 0 heterocycles. The molecule has 0 unspecified atom stereocenters. The maximum atomic E-state index is 12.0. The average Bonchev–Trinajstić information content (AvgIpc) is 2.47. The highest BCUT2D eigenvalue weighted by molar-refractivity contribution is 7.84. The molecule has 0 amide bonds. The maximum absolute atomic E-state index is 12.0. The summed E-state index contributed by atoms with van der Waals surface area (Å²) in [6, 6.07) is 17.1. The molecule has 0 N–H and O–H groups in total. The molecule has 0 saturated carbocycles. The lowest BCUT2D eigenvalue weighted by Gasteiger charge is -2.02. The summed E-state index contributed by atoms with van der Waals surface area (Å²) in [7, 11) is 0. The van der Waals surface area contributed by atoms with Gasteiger partial charge in [-0.25, -0.2) is 0 Å². The Balaban J connectivity index is 2.23. The Kier molecular flexibility index (Phi) is 3.75. The van der Waals surface area contributed by atoms with E-state index in [9.17, 15) is 9.59 Å². The predicted molar refractivity (Wildman–Crippen MR) is 74.1 cm³/mol. The van der Waals surface area contributed by atoms with Gasteiger partial charge in [0.2, 0.25) is 11.6 Å². The molecule has 0 saturated heterocycles. The molecule has 88 valence electrons. The normalized spacial score (nSPS) is 9.78. The van der Waals surface area contributed by atoms with Crippen LogP contribution in [0.3, 0.4) is 0 Å². The molecule has 0 spiro atoms. The van der Waals surface area contributed by atoms with Crippen LogP contribution < -0.4 is 0 Å². The first-order valence-corrected chi connectivity index (χ1v) is 5.84. The van der Waals surface area contributed by atoms with Crippen LogP contribution >= 0.6 is 12.2 Å². The Morgan fingerprint density at radius 2 is 1.00 bits per heavy atom. The molecular weight excluding hydrogens is 244 g/mol. The molecule has 0 fully saturated rings. The second-order valence-corrected chi connectivity index (χ2v) is 4.13. The van der Waals surface area contributed by atoms with E-state index in [1.165, 1.54) is 0 Å². The lowest BCUT2D eigenvalue weighted by molar-refractivity contribution is 0.102. The molecule has 2 rings (SSSR count). The number of hydrogen-bond donors (Lipinski definition) is 0. The smallest absolute Gasteiger partial charge is 0.207 e. The Labute approximate surface area is 110 Å². The first-order valence-electron chi connectivity index (χ1n) is 5.43. The molecule has 2 aromatic carbocycles. The first kappa shape index (κ1) is 12.3. The zero-order valence-electron chi connectivity index (χ0n) is 9.50. The number of Topliss-reactive ketones (excluding diaryl/α,β-unsaturated/α-hetero) is 2. The second-order valence-electron chi connectivity index (χ2n) is 3.72. The monoisotopic (exact) mass is 254 g/mol. The van der Waals surface area contributed by atoms with Crippen LogP contribution in [0.15, 0.2) is 60.7 Å². The predicted octanol–water partition coefficient (Wildman–Crippen LogP) is 3.12.